The van der Waals surface area contributed by atoms with Crippen LogP contribution in [0.4, 0.5) is 11.5 Å². The minimum Gasteiger partial charge on any atom is -0.345 e. The topological polar surface area (TPSA) is 114 Å². The smallest absolute Gasteiger partial charge is 0.274 e. The lowest BCUT2D eigenvalue weighted by Crippen LogP contribution is -2.26. The van der Waals surface area contributed by atoms with E-state index in [1.165, 1.54) is 15.5 Å². The van der Waals surface area contributed by atoms with Gasteiger partial charge in [-0.2, -0.15) is 0 Å². The molecule has 38 heavy (non-hydrogen) atoms. The molecule has 0 aliphatic rings. The molecule has 206 valence electrons. The lowest BCUT2D eigenvalue weighted by atomic mass is 10.0. The third-order valence-electron chi connectivity index (χ3n) is 5.74. The molecule has 2 rings (SSSR count). The Kier molecular flexibility index (Phi) is 13.0. The molecule has 1 N–H and O–H groups in total. The molecule has 2 aromatic heterocycles. The largest absolute Gasteiger partial charge is 0.345 e. The van der Waals surface area contributed by atoms with Gasteiger partial charge in [-0.3, -0.25) is 23.7 Å². The summed E-state index contributed by atoms with van der Waals surface area (Å²) in [6.45, 7) is 8.29. The third kappa shape index (κ3) is 8.97. The van der Waals surface area contributed by atoms with E-state index >= 15 is 0 Å². The molecule has 0 bridgehead atoms. The van der Waals surface area contributed by atoms with Gasteiger partial charge in [0.2, 0.25) is 11.8 Å². The second-order valence-corrected chi connectivity index (χ2v) is 11.4. The molecule has 0 saturated carbocycles. The summed E-state index contributed by atoms with van der Waals surface area (Å²) in [6, 6.07) is 3.32. The van der Waals surface area contributed by atoms with Gasteiger partial charge < -0.3 is 14.8 Å². The molecule has 0 spiro atoms. The van der Waals surface area contributed by atoms with E-state index in [1.54, 1.807) is 45.5 Å². The van der Waals surface area contributed by atoms with Crippen LogP contribution < -0.4 is 10.9 Å². The number of pyridine rings is 1. The Hall–Kier alpha value is -2.66. The first-order valence-electron chi connectivity index (χ1n) is 12.4. The van der Waals surface area contributed by atoms with Crippen LogP contribution in [0.3, 0.4) is 0 Å². The second kappa shape index (κ2) is 15.7. The van der Waals surface area contributed by atoms with Crippen molar-refractivity contribution in [1.82, 2.24) is 18.8 Å². The molecule has 1 unspecified atom stereocenters. The Morgan fingerprint density at radius 3 is 2.66 bits per heavy atom. The fourth-order valence-electron chi connectivity index (χ4n) is 3.59. The van der Waals surface area contributed by atoms with E-state index in [0.29, 0.717) is 42.5 Å². The number of aromatic nitrogens is 3. The van der Waals surface area contributed by atoms with Crippen LogP contribution in [-0.2, 0) is 16.1 Å². The second-order valence-electron chi connectivity index (χ2n) is 9.31. The van der Waals surface area contributed by atoms with Gasteiger partial charge in [0.25, 0.3) is 5.56 Å². The van der Waals surface area contributed by atoms with Crippen molar-refractivity contribution in [3.8, 4) is 0 Å². The number of unbranched alkanes of at least 4 members (excludes halogenated alkanes) is 1. The van der Waals surface area contributed by atoms with Gasteiger partial charge in [0, 0.05) is 33.8 Å². The number of anilines is 1. The lowest BCUT2D eigenvalue weighted by Gasteiger charge is -2.10. The Bertz CT molecular complexity index is 1250. The number of halogens is 1. The summed E-state index contributed by atoms with van der Waals surface area (Å²) in [5.41, 5.74) is 1.45. The van der Waals surface area contributed by atoms with E-state index in [9.17, 15) is 14.4 Å². The number of nitrogens with zero attached hydrogens (tertiary/aromatic N) is 6. The maximum atomic E-state index is 13.2. The molecule has 0 saturated heterocycles. The van der Waals surface area contributed by atoms with Crippen molar-refractivity contribution >= 4 is 64.2 Å². The molecule has 2 aromatic rings. The Balaban J connectivity index is 2.17. The quantitative estimate of drug-likeness (QED) is 0.104. The maximum absolute atomic E-state index is 13.2. The maximum Gasteiger partial charge on any atom is 0.274 e. The third-order valence-corrected chi connectivity index (χ3v) is 7.83. The molecule has 1 atom stereocenters. The number of carbonyl (C=O) groups excluding carboxylic acids is 2. The minimum absolute atomic E-state index is 0.0973. The summed E-state index contributed by atoms with van der Waals surface area (Å²) in [5.74, 6) is 1.50. The van der Waals surface area contributed by atoms with Gasteiger partial charge in [-0.15, -0.1) is 0 Å². The van der Waals surface area contributed by atoms with Crippen LogP contribution in [0.5, 0.6) is 0 Å². The number of carbonyl (C=O) groups is 2. The van der Waals surface area contributed by atoms with E-state index in [4.69, 9.17) is 4.98 Å². The van der Waals surface area contributed by atoms with Crippen molar-refractivity contribution < 1.29 is 9.59 Å². The van der Waals surface area contributed by atoms with Crippen LogP contribution in [0, 0.1) is 5.92 Å². The summed E-state index contributed by atoms with van der Waals surface area (Å²) < 4.78 is 3.48. The molecule has 0 aliphatic carbocycles. The van der Waals surface area contributed by atoms with Crippen molar-refractivity contribution in [3.63, 3.8) is 0 Å². The summed E-state index contributed by atoms with van der Waals surface area (Å²) in [7, 11) is 5.12. The van der Waals surface area contributed by atoms with Crippen molar-refractivity contribution in [2.45, 2.75) is 52.5 Å². The number of amides is 2. The van der Waals surface area contributed by atoms with Gasteiger partial charge in [0.1, 0.15) is 17.2 Å². The van der Waals surface area contributed by atoms with Gasteiger partial charge in [0.15, 0.2) is 5.82 Å². The molecular weight excluding hydrogens is 616 g/mol. The van der Waals surface area contributed by atoms with Gasteiger partial charge in [-0.25, -0.2) is 9.98 Å². The van der Waals surface area contributed by atoms with Gasteiger partial charge in [0.05, 0.1) is 18.6 Å². The number of hydrogen-bond donors (Lipinski definition) is 1. The zero-order valence-corrected chi connectivity index (χ0v) is 25.9. The highest BCUT2D eigenvalue weighted by molar-refractivity contribution is 14.2. The van der Waals surface area contributed by atoms with Crippen molar-refractivity contribution in [2.75, 3.05) is 26.5 Å². The first kappa shape index (κ1) is 31.6. The van der Waals surface area contributed by atoms with Crippen LogP contribution in [0.15, 0.2) is 45.3 Å². The average Bonchev–Trinajstić information content (AvgIpc) is 3.23. The molecule has 0 aromatic carbocycles. The highest BCUT2D eigenvalue weighted by Crippen LogP contribution is 2.36. The first-order valence-corrected chi connectivity index (χ1v) is 16.5. The first-order chi connectivity index (χ1) is 18.1. The van der Waals surface area contributed by atoms with Crippen LogP contribution in [-0.4, -0.2) is 64.2 Å². The number of likely N-dealkylation sites (N-methyl/N-ethyl adjacent to an activating group) is 1. The highest BCUT2D eigenvalue weighted by Gasteiger charge is 2.21. The summed E-state index contributed by atoms with van der Waals surface area (Å²) in [5, 5.41) is 2.72. The Morgan fingerprint density at radius 2 is 2.05 bits per heavy atom. The molecule has 2 heterocycles. The highest BCUT2D eigenvalue weighted by atomic mass is 127. The fraction of sp³-hybridized carbons (Fsp3) is 0.462. The molecule has 0 radical (unpaired) electrons. The van der Waals surface area contributed by atoms with Gasteiger partial charge >= 0.3 is 0 Å². The van der Waals surface area contributed by atoms with E-state index in [0.717, 1.165) is 18.6 Å². The van der Waals surface area contributed by atoms with E-state index in [-0.39, 0.29) is 36.0 Å². The summed E-state index contributed by atoms with van der Waals surface area (Å²) in [6.07, 6.45) is 8.37. The number of allylic oxidation sites excluding steroid dienone is 1. The van der Waals surface area contributed by atoms with Crippen LogP contribution in [0.1, 0.15) is 57.5 Å². The van der Waals surface area contributed by atoms with Crippen molar-refractivity contribution in [1.29, 1.82) is 0 Å². The standard InChI is InChI=1S/C26H37IN7O3P/c1-18(2)14-15-19(28-3)24-25(29-4)34(38-27)21(31-24)17-33-16-10-11-20(26(33)37)30-22(35)12-8-7-9-13-23(36)32(5)6/h9-11,13,16,18,38H,4,7-8,12,14-15,17H2,1-3,5-6H3,(H,30,35)/b13-9+,28-19?. The summed E-state index contributed by atoms with van der Waals surface area (Å²) in [4.78, 5) is 52.2. The number of imidazole rings is 1. The predicted octanol–water partition coefficient (Wildman–Crippen LogP) is 4.83. The molecule has 10 nitrogen and oxygen atoms in total. The molecule has 2 amide bonds. The van der Waals surface area contributed by atoms with E-state index < -0.39 is 0 Å². The van der Waals surface area contributed by atoms with Crippen LogP contribution in [0.25, 0.3) is 0 Å². The monoisotopic (exact) mass is 653 g/mol. The number of nitrogens with one attached hydrogen (secondary N) is 1. The van der Waals surface area contributed by atoms with Crippen LogP contribution in [0.2, 0.25) is 0 Å². The van der Waals surface area contributed by atoms with Gasteiger partial charge in [-0.1, -0.05) is 19.9 Å². The predicted molar refractivity (Wildman–Crippen MR) is 166 cm³/mol. The molecule has 0 aliphatic heterocycles. The van der Waals surface area contributed by atoms with Crippen LogP contribution >= 0.6 is 28.4 Å². The number of hydrogen-bond acceptors (Lipinski definition) is 6. The number of rotatable bonds is 14. The average molecular weight is 654 g/mol. The van der Waals surface area contributed by atoms with Crippen molar-refractivity contribution in [2.24, 2.45) is 15.9 Å². The van der Waals surface area contributed by atoms with E-state index in [2.05, 4.69) is 57.9 Å². The van der Waals surface area contributed by atoms with Gasteiger partial charge in [-0.05, 0) is 78.6 Å². The van der Waals surface area contributed by atoms with E-state index in [1.807, 2.05) is 4.34 Å². The zero-order valence-electron chi connectivity index (χ0n) is 22.7. The molecule has 0 fully saturated rings. The Morgan fingerprint density at radius 1 is 1.32 bits per heavy atom. The molecule has 12 heteroatoms. The normalized spacial score (nSPS) is 12.1. The Labute approximate surface area is 239 Å². The summed E-state index contributed by atoms with van der Waals surface area (Å²) >= 11 is 2.26. The van der Waals surface area contributed by atoms with Crippen molar-refractivity contribution in [3.05, 3.63) is 52.4 Å². The fourth-order valence-corrected chi connectivity index (χ4v) is 5.58. The zero-order chi connectivity index (χ0) is 28.2. The minimum atomic E-state index is -0.317. The lowest BCUT2D eigenvalue weighted by molar-refractivity contribution is -0.123. The SMILES string of the molecule is C=Nc1c(C(CCC(C)C)=NC)nc(Cn2cccc(NC(=O)CCC/C=C/C(=O)N(C)C)c2=O)n1PI. The number of aliphatic imine (C=N–C) groups is 2. The molecular formula is C26H37IN7O3P.